The number of hydrogen-bond donors (Lipinski definition) is 3. The van der Waals surface area contributed by atoms with Crippen molar-refractivity contribution >= 4 is 12.4 Å². The Morgan fingerprint density at radius 2 is 2.00 bits per heavy atom. The number of carbonyl (C=O) groups excluding carboxylic acids is 1. The third-order valence-corrected chi connectivity index (χ3v) is 3.78. The molecule has 120 valence electrons. The largest absolute Gasteiger partial charge is 0.483 e. The van der Waals surface area contributed by atoms with Gasteiger partial charge in [0.05, 0.1) is 5.56 Å². The topological polar surface area (TPSA) is 78.4 Å². The molecule has 5 nitrogen and oxygen atoms in total. The van der Waals surface area contributed by atoms with E-state index in [0.717, 1.165) is 13.0 Å². The Bertz CT molecular complexity index is 581. The quantitative estimate of drug-likeness (QED) is 0.690. The summed E-state index contributed by atoms with van der Waals surface area (Å²) in [7, 11) is 0. The minimum Gasteiger partial charge on any atom is -0.483 e. The third kappa shape index (κ3) is 3.22. The smallest absolute Gasteiger partial charge is 0.416 e. The first-order chi connectivity index (χ1) is 10.4. The summed E-state index contributed by atoms with van der Waals surface area (Å²) in [6.07, 6.45) is -3.61. The molecule has 1 unspecified atom stereocenters. The van der Waals surface area contributed by atoms with Crippen molar-refractivity contribution in [3.05, 3.63) is 34.4 Å². The first kappa shape index (κ1) is 16.3. The molecule has 2 aliphatic heterocycles. The number of fused-ring (bicyclic) bond motifs is 1. The highest BCUT2D eigenvalue weighted by molar-refractivity contribution is 5.99. The minimum atomic E-state index is -4.42. The van der Waals surface area contributed by atoms with E-state index in [2.05, 4.69) is 10.6 Å². The van der Waals surface area contributed by atoms with Gasteiger partial charge in [-0.05, 0) is 42.1 Å². The van der Waals surface area contributed by atoms with Gasteiger partial charge in [-0.3, -0.25) is 9.59 Å². The zero-order valence-corrected chi connectivity index (χ0v) is 11.5. The number of alkyl halides is 3. The normalized spacial score (nSPS) is 20.0. The van der Waals surface area contributed by atoms with Gasteiger partial charge in [-0.2, -0.15) is 13.2 Å². The van der Waals surface area contributed by atoms with Crippen LogP contribution in [-0.2, 0) is 17.5 Å². The molecule has 1 atom stereocenters. The van der Waals surface area contributed by atoms with E-state index in [0.29, 0.717) is 12.1 Å². The average molecular weight is 316 g/mol. The van der Waals surface area contributed by atoms with E-state index in [4.69, 9.17) is 9.90 Å². The zero-order chi connectivity index (χ0) is 16.3. The van der Waals surface area contributed by atoms with Crippen LogP contribution in [0.2, 0.25) is 0 Å². The summed E-state index contributed by atoms with van der Waals surface area (Å²) in [5.41, 5.74) is 0.183. The minimum absolute atomic E-state index is 0.0355. The van der Waals surface area contributed by atoms with Crippen molar-refractivity contribution in [2.75, 3.05) is 13.1 Å². The summed E-state index contributed by atoms with van der Waals surface area (Å²) in [6.45, 7) is 1.18. The fourth-order valence-corrected chi connectivity index (χ4v) is 2.78. The number of benzene rings is 1. The number of hydrogen-bond acceptors (Lipinski definition) is 3. The van der Waals surface area contributed by atoms with Crippen molar-refractivity contribution in [1.29, 1.82) is 0 Å². The van der Waals surface area contributed by atoms with Gasteiger partial charge in [-0.15, -0.1) is 0 Å². The lowest BCUT2D eigenvalue weighted by Gasteiger charge is -2.16. The Labute approximate surface area is 124 Å². The molecule has 0 spiro atoms. The van der Waals surface area contributed by atoms with E-state index in [1.165, 1.54) is 6.07 Å². The second-order valence-corrected chi connectivity index (χ2v) is 5.07. The number of halogens is 3. The summed E-state index contributed by atoms with van der Waals surface area (Å²) >= 11 is 0. The Morgan fingerprint density at radius 3 is 2.55 bits per heavy atom. The molecule has 2 heterocycles. The molecule has 3 rings (SSSR count). The van der Waals surface area contributed by atoms with Crippen LogP contribution >= 0.6 is 0 Å². The molecule has 0 bridgehead atoms. The maximum Gasteiger partial charge on any atom is 0.416 e. The van der Waals surface area contributed by atoms with E-state index in [1.54, 1.807) is 6.07 Å². The van der Waals surface area contributed by atoms with Crippen molar-refractivity contribution in [3.8, 4) is 0 Å². The first-order valence-electron chi connectivity index (χ1n) is 6.69. The fraction of sp³-hybridized carbons (Fsp3) is 0.429. The number of carboxylic acid groups (broad SMARTS) is 1. The van der Waals surface area contributed by atoms with Crippen molar-refractivity contribution in [3.63, 3.8) is 0 Å². The maximum absolute atomic E-state index is 13.1. The molecule has 1 amide bonds. The summed E-state index contributed by atoms with van der Waals surface area (Å²) in [5, 5.41) is 12.5. The lowest BCUT2D eigenvalue weighted by atomic mass is 9.91. The van der Waals surface area contributed by atoms with Crippen LogP contribution in [0.15, 0.2) is 12.1 Å². The fourth-order valence-electron chi connectivity index (χ4n) is 2.78. The van der Waals surface area contributed by atoms with Gasteiger partial charge in [0.25, 0.3) is 12.4 Å². The molecule has 0 aliphatic carbocycles. The zero-order valence-electron chi connectivity index (χ0n) is 11.5. The molecule has 2 aliphatic rings. The highest BCUT2D eigenvalue weighted by Crippen LogP contribution is 2.38. The second kappa shape index (κ2) is 6.35. The van der Waals surface area contributed by atoms with E-state index >= 15 is 0 Å². The Kier molecular flexibility index (Phi) is 4.70. The van der Waals surface area contributed by atoms with Crippen LogP contribution in [0.1, 0.15) is 39.4 Å². The molecule has 3 N–H and O–H groups in total. The molecule has 0 saturated carbocycles. The molecule has 0 radical (unpaired) electrons. The van der Waals surface area contributed by atoms with Crippen LogP contribution in [0.25, 0.3) is 0 Å². The molecule has 8 heteroatoms. The molecule has 1 aromatic carbocycles. The first-order valence-corrected chi connectivity index (χ1v) is 6.69. The number of amides is 1. The lowest BCUT2D eigenvalue weighted by Crippen LogP contribution is -2.13. The van der Waals surface area contributed by atoms with Crippen molar-refractivity contribution in [1.82, 2.24) is 10.6 Å². The van der Waals surface area contributed by atoms with Gasteiger partial charge in [0.1, 0.15) is 0 Å². The Hall–Kier alpha value is -2.09. The SMILES string of the molecule is O=C1NCc2c1cc(C1CCNC1)cc2C(F)(F)F.O=CO. The highest BCUT2D eigenvalue weighted by Gasteiger charge is 2.38. The molecular formula is C14H15F3N2O3. The predicted molar refractivity (Wildman–Crippen MR) is 71.5 cm³/mol. The van der Waals surface area contributed by atoms with Gasteiger partial charge < -0.3 is 15.7 Å². The highest BCUT2D eigenvalue weighted by atomic mass is 19.4. The van der Waals surface area contributed by atoms with Crippen LogP contribution in [-0.4, -0.2) is 30.6 Å². The molecular weight excluding hydrogens is 301 g/mol. The average Bonchev–Trinajstić information content (AvgIpc) is 3.08. The van der Waals surface area contributed by atoms with E-state index in [9.17, 15) is 18.0 Å². The predicted octanol–water partition coefficient (Wildman–Crippen LogP) is 1.73. The monoisotopic (exact) mass is 316 g/mol. The Balaban J connectivity index is 0.000000545. The van der Waals surface area contributed by atoms with Gasteiger partial charge >= 0.3 is 6.18 Å². The summed E-state index contributed by atoms with van der Waals surface area (Å²) in [5.74, 6) is -0.354. The molecule has 0 aromatic heterocycles. The Morgan fingerprint density at radius 1 is 1.32 bits per heavy atom. The molecule has 1 aromatic rings. The summed E-state index contributed by atoms with van der Waals surface area (Å²) < 4.78 is 39.2. The maximum atomic E-state index is 13.1. The number of carbonyl (C=O) groups is 2. The van der Waals surface area contributed by atoms with Crippen molar-refractivity contribution in [2.45, 2.75) is 25.1 Å². The van der Waals surface area contributed by atoms with Gasteiger partial charge in [0, 0.05) is 18.7 Å². The lowest BCUT2D eigenvalue weighted by molar-refractivity contribution is -0.138. The van der Waals surface area contributed by atoms with Crippen LogP contribution in [0.4, 0.5) is 13.2 Å². The van der Waals surface area contributed by atoms with E-state index in [1.807, 2.05) is 0 Å². The van der Waals surface area contributed by atoms with Gasteiger partial charge in [-0.25, -0.2) is 0 Å². The second-order valence-electron chi connectivity index (χ2n) is 5.07. The molecule has 1 fully saturated rings. The van der Waals surface area contributed by atoms with E-state index < -0.39 is 17.6 Å². The number of nitrogens with one attached hydrogen (secondary N) is 2. The van der Waals surface area contributed by atoms with Crippen molar-refractivity contribution in [2.24, 2.45) is 0 Å². The van der Waals surface area contributed by atoms with Crippen LogP contribution in [0, 0.1) is 0 Å². The summed E-state index contributed by atoms with van der Waals surface area (Å²) in [6, 6.07) is 2.82. The van der Waals surface area contributed by atoms with Gasteiger partial charge in [0.2, 0.25) is 0 Å². The van der Waals surface area contributed by atoms with Gasteiger partial charge in [0.15, 0.2) is 0 Å². The summed E-state index contributed by atoms with van der Waals surface area (Å²) in [4.78, 5) is 20.0. The van der Waals surface area contributed by atoms with Crippen LogP contribution in [0.5, 0.6) is 0 Å². The van der Waals surface area contributed by atoms with Gasteiger partial charge in [-0.1, -0.05) is 0 Å². The molecule has 1 saturated heterocycles. The van der Waals surface area contributed by atoms with Crippen molar-refractivity contribution < 1.29 is 27.9 Å². The molecule has 22 heavy (non-hydrogen) atoms. The standard InChI is InChI=1S/C13H13F3N2O.CH2O2/c14-13(15,16)11-4-8(7-1-2-17-5-7)3-9-10(11)6-18-12(9)19;2-1-3/h3-4,7,17H,1-2,5-6H2,(H,18,19);1H,(H,2,3). The van der Waals surface area contributed by atoms with Crippen LogP contribution in [0.3, 0.4) is 0 Å². The van der Waals surface area contributed by atoms with E-state index in [-0.39, 0.29) is 30.1 Å². The number of rotatable bonds is 1. The van der Waals surface area contributed by atoms with Crippen LogP contribution < -0.4 is 10.6 Å². The third-order valence-electron chi connectivity index (χ3n) is 3.78.